The zero-order chi connectivity index (χ0) is 18.4. The van der Waals surface area contributed by atoms with Gasteiger partial charge in [-0.1, -0.05) is 31.2 Å². The van der Waals surface area contributed by atoms with Gasteiger partial charge in [0, 0.05) is 37.5 Å². The van der Waals surface area contributed by atoms with Gasteiger partial charge in [-0.25, -0.2) is 0 Å². The van der Waals surface area contributed by atoms with E-state index in [9.17, 15) is 4.79 Å². The van der Waals surface area contributed by atoms with E-state index in [4.69, 9.17) is 0 Å². The van der Waals surface area contributed by atoms with Gasteiger partial charge in [0.05, 0.1) is 5.69 Å². The molecule has 0 fully saturated rings. The zero-order valence-corrected chi connectivity index (χ0v) is 15.8. The number of hydrogen-bond acceptors (Lipinski definition) is 3. The maximum Gasteiger partial charge on any atom is 0.244 e. The van der Waals surface area contributed by atoms with E-state index < -0.39 is 0 Å². The second-order valence-corrected chi connectivity index (χ2v) is 6.41. The molecular weight excluding hydrogens is 312 g/mol. The fourth-order valence-corrected chi connectivity index (χ4v) is 2.70. The van der Waals surface area contributed by atoms with Crippen LogP contribution in [0.3, 0.4) is 0 Å². The lowest BCUT2D eigenvalue weighted by molar-refractivity contribution is -0.116. The third-order valence-electron chi connectivity index (χ3n) is 4.42. The lowest BCUT2D eigenvalue weighted by atomic mass is 10.1. The summed E-state index contributed by atoms with van der Waals surface area (Å²) in [5.74, 6) is -0.0984. The van der Waals surface area contributed by atoms with Gasteiger partial charge in [0.2, 0.25) is 5.91 Å². The summed E-state index contributed by atoms with van der Waals surface area (Å²) in [6.45, 7) is 8.54. The molecule has 0 unspecified atom stereocenters. The number of hydrogen-bond donors (Lipinski definition) is 1. The van der Waals surface area contributed by atoms with Crippen LogP contribution in [-0.4, -0.2) is 34.2 Å². The fourth-order valence-electron chi connectivity index (χ4n) is 2.70. The van der Waals surface area contributed by atoms with Gasteiger partial charge >= 0.3 is 0 Å². The van der Waals surface area contributed by atoms with E-state index in [1.54, 1.807) is 6.08 Å². The summed E-state index contributed by atoms with van der Waals surface area (Å²) in [5.41, 5.74) is 5.35. The monoisotopic (exact) mass is 340 g/mol. The molecule has 0 spiro atoms. The second-order valence-electron chi connectivity index (χ2n) is 6.41. The Balaban J connectivity index is 1.93. The molecule has 0 radical (unpaired) electrons. The van der Waals surface area contributed by atoms with E-state index in [1.807, 2.05) is 43.8 Å². The van der Waals surface area contributed by atoms with Crippen molar-refractivity contribution in [2.75, 3.05) is 13.6 Å². The first-order chi connectivity index (χ1) is 11.9. The van der Waals surface area contributed by atoms with Crippen LogP contribution < -0.4 is 5.32 Å². The van der Waals surface area contributed by atoms with E-state index in [0.29, 0.717) is 6.54 Å². The van der Waals surface area contributed by atoms with Crippen LogP contribution in [-0.2, 0) is 24.9 Å². The van der Waals surface area contributed by atoms with Crippen molar-refractivity contribution in [3.63, 3.8) is 0 Å². The summed E-state index contributed by atoms with van der Waals surface area (Å²) in [4.78, 5) is 14.3. The van der Waals surface area contributed by atoms with Crippen molar-refractivity contribution >= 4 is 12.0 Å². The molecule has 1 heterocycles. The molecule has 1 aromatic carbocycles. The Hall–Kier alpha value is -2.40. The van der Waals surface area contributed by atoms with Crippen molar-refractivity contribution in [3.8, 4) is 0 Å². The molecule has 2 aromatic rings. The molecule has 0 saturated heterocycles. The lowest BCUT2D eigenvalue weighted by Gasteiger charge is -2.14. The average Bonchev–Trinajstić information content (AvgIpc) is 2.83. The molecule has 0 aliphatic heterocycles. The van der Waals surface area contributed by atoms with Gasteiger partial charge in [-0.3, -0.25) is 9.48 Å². The van der Waals surface area contributed by atoms with Crippen LogP contribution in [0.25, 0.3) is 6.08 Å². The van der Waals surface area contributed by atoms with Crippen LogP contribution >= 0.6 is 0 Å². The molecule has 5 heteroatoms. The molecule has 0 aliphatic carbocycles. The molecule has 0 aliphatic rings. The minimum Gasteiger partial charge on any atom is -0.348 e. The molecule has 1 N–H and O–H groups in total. The first-order valence-electron chi connectivity index (χ1n) is 8.63. The Morgan fingerprint density at radius 2 is 2.04 bits per heavy atom. The van der Waals surface area contributed by atoms with E-state index >= 15 is 0 Å². The van der Waals surface area contributed by atoms with Crippen molar-refractivity contribution < 1.29 is 4.79 Å². The third kappa shape index (κ3) is 5.29. The van der Waals surface area contributed by atoms with Crippen molar-refractivity contribution in [2.24, 2.45) is 7.05 Å². The molecule has 0 saturated carbocycles. The number of aryl methyl sites for hydroxylation is 2. The number of nitrogens with one attached hydrogen (secondary N) is 1. The van der Waals surface area contributed by atoms with Crippen molar-refractivity contribution in [1.82, 2.24) is 20.0 Å². The van der Waals surface area contributed by atoms with E-state index in [0.717, 1.165) is 35.6 Å². The van der Waals surface area contributed by atoms with Gasteiger partial charge in [-0.05, 0) is 44.6 Å². The largest absolute Gasteiger partial charge is 0.348 e. The highest BCUT2D eigenvalue weighted by atomic mass is 16.1. The number of benzene rings is 1. The topological polar surface area (TPSA) is 50.2 Å². The molecular formula is C20H28N4O. The quantitative estimate of drug-likeness (QED) is 0.789. The molecule has 0 bridgehead atoms. The number of carbonyl (C=O) groups excluding carboxylic acids is 1. The van der Waals surface area contributed by atoms with Crippen LogP contribution in [0, 0.1) is 13.8 Å². The van der Waals surface area contributed by atoms with E-state index in [-0.39, 0.29) is 5.91 Å². The van der Waals surface area contributed by atoms with Crippen LogP contribution in [0.15, 0.2) is 30.3 Å². The second kappa shape index (κ2) is 8.62. The Bertz CT molecular complexity index is 761. The Kier molecular flexibility index (Phi) is 6.53. The Labute approximate surface area is 150 Å². The summed E-state index contributed by atoms with van der Waals surface area (Å²) >= 11 is 0. The highest BCUT2D eigenvalue weighted by Gasteiger charge is 2.06. The minimum absolute atomic E-state index is 0.0984. The normalized spacial score (nSPS) is 11.4. The molecule has 134 valence electrons. The Morgan fingerprint density at radius 3 is 2.68 bits per heavy atom. The van der Waals surface area contributed by atoms with Crippen molar-refractivity contribution in [2.45, 2.75) is 33.9 Å². The van der Waals surface area contributed by atoms with E-state index in [1.165, 1.54) is 5.56 Å². The molecule has 0 atom stereocenters. The predicted molar refractivity (Wildman–Crippen MR) is 102 cm³/mol. The summed E-state index contributed by atoms with van der Waals surface area (Å²) in [6.07, 6.45) is 3.41. The van der Waals surface area contributed by atoms with Crippen LogP contribution in [0.4, 0.5) is 0 Å². The number of amides is 1. The van der Waals surface area contributed by atoms with Crippen LogP contribution in [0.2, 0.25) is 0 Å². The van der Waals surface area contributed by atoms with Gasteiger partial charge in [0.15, 0.2) is 0 Å². The standard InChI is InChI=1S/C20H28N4O/c1-6-23(4)14-18-9-7-8-17(12-18)13-21-20(25)11-10-19-15(2)22-24(5)16(19)3/h7-12H,6,13-14H2,1-5H3,(H,21,25)/b11-10+. The summed E-state index contributed by atoms with van der Waals surface area (Å²) in [6, 6.07) is 8.34. The molecule has 1 aromatic heterocycles. The zero-order valence-electron chi connectivity index (χ0n) is 15.8. The van der Waals surface area contributed by atoms with Gasteiger partial charge in [0.1, 0.15) is 0 Å². The smallest absolute Gasteiger partial charge is 0.244 e. The SMILES string of the molecule is CCN(C)Cc1cccc(CNC(=O)/C=C/c2c(C)nn(C)c2C)c1. The maximum absolute atomic E-state index is 12.1. The van der Waals surface area contributed by atoms with Crippen molar-refractivity contribution in [3.05, 3.63) is 58.4 Å². The fraction of sp³-hybridized carbons (Fsp3) is 0.400. The minimum atomic E-state index is -0.0984. The Morgan fingerprint density at radius 1 is 1.32 bits per heavy atom. The number of nitrogens with zero attached hydrogens (tertiary/aromatic N) is 3. The third-order valence-corrected chi connectivity index (χ3v) is 4.42. The van der Waals surface area contributed by atoms with Crippen LogP contribution in [0.1, 0.15) is 35.0 Å². The maximum atomic E-state index is 12.1. The molecule has 2 rings (SSSR count). The summed E-state index contributed by atoms with van der Waals surface area (Å²) < 4.78 is 1.83. The highest BCUT2D eigenvalue weighted by Crippen LogP contribution is 2.13. The van der Waals surface area contributed by atoms with Crippen LogP contribution in [0.5, 0.6) is 0 Å². The molecule has 1 amide bonds. The highest BCUT2D eigenvalue weighted by molar-refractivity contribution is 5.91. The first-order valence-corrected chi connectivity index (χ1v) is 8.63. The molecule has 25 heavy (non-hydrogen) atoms. The van der Waals surface area contributed by atoms with Gasteiger partial charge in [-0.15, -0.1) is 0 Å². The average molecular weight is 340 g/mol. The lowest BCUT2D eigenvalue weighted by Crippen LogP contribution is -2.20. The number of rotatable bonds is 7. The van der Waals surface area contributed by atoms with E-state index in [2.05, 4.69) is 41.4 Å². The first kappa shape index (κ1) is 18.9. The summed E-state index contributed by atoms with van der Waals surface area (Å²) in [5, 5.41) is 7.30. The number of carbonyl (C=O) groups is 1. The van der Waals surface area contributed by atoms with Crippen molar-refractivity contribution in [1.29, 1.82) is 0 Å². The van der Waals surface area contributed by atoms with Gasteiger partial charge in [0.25, 0.3) is 0 Å². The predicted octanol–water partition coefficient (Wildman–Crippen LogP) is 2.82. The number of aromatic nitrogens is 2. The van der Waals surface area contributed by atoms with Gasteiger partial charge in [-0.2, -0.15) is 5.10 Å². The van der Waals surface area contributed by atoms with Gasteiger partial charge < -0.3 is 10.2 Å². The molecule has 5 nitrogen and oxygen atoms in total. The summed E-state index contributed by atoms with van der Waals surface area (Å²) in [7, 11) is 4.00.